The van der Waals surface area contributed by atoms with Crippen LogP contribution in [0, 0.1) is 10.1 Å². The van der Waals surface area contributed by atoms with Gasteiger partial charge in [0.25, 0.3) is 5.69 Å². The molecule has 0 aliphatic carbocycles. The molecule has 0 saturated carbocycles. The number of hydrogen-bond donors (Lipinski definition) is 3. The molecule has 160 valence electrons. The van der Waals surface area contributed by atoms with Crippen LogP contribution in [-0.4, -0.2) is 41.6 Å². The predicted molar refractivity (Wildman–Crippen MR) is 117 cm³/mol. The van der Waals surface area contributed by atoms with Crippen molar-refractivity contribution in [3.8, 4) is 5.75 Å². The van der Waals surface area contributed by atoms with Gasteiger partial charge in [-0.1, -0.05) is 0 Å². The molecule has 2 aromatic rings. The van der Waals surface area contributed by atoms with E-state index in [0.29, 0.717) is 33.0 Å². The number of alkyl halides is 1. The van der Waals surface area contributed by atoms with Crippen molar-refractivity contribution < 1.29 is 19.6 Å². The molecule has 12 heteroatoms. The summed E-state index contributed by atoms with van der Waals surface area (Å²) < 4.78 is 5.74. The Morgan fingerprint density at radius 3 is 2.57 bits per heavy atom. The van der Waals surface area contributed by atoms with Crippen molar-refractivity contribution in [3.63, 3.8) is 0 Å². The molecule has 0 aliphatic heterocycles. The molecule has 2 rings (SSSR count). The van der Waals surface area contributed by atoms with Gasteiger partial charge in [0, 0.05) is 31.7 Å². The molecule has 0 fully saturated rings. The molecule has 1 unspecified atom stereocenters. The first-order chi connectivity index (χ1) is 14.2. The van der Waals surface area contributed by atoms with E-state index in [4.69, 9.17) is 16.3 Å². The molecule has 2 aromatic carbocycles. The topological polar surface area (TPSA) is 138 Å². The lowest BCUT2D eigenvalue weighted by atomic mass is 10.2. The minimum absolute atomic E-state index is 0.0598. The van der Waals surface area contributed by atoms with Gasteiger partial charge in [0.15, 0.2) is 0 Å². The maximum atomic E-state index is 11.6. The van der Waals surface area contributed by atoms with Crippen LogP contribution in [0.25, 0.3) is 0 Å². The van der Waals surface area contributed by atoms with Crippen LogP contribution < -0.4 is 15.4 Å². The molecule has 0 bridgehead atoms. The fourth-order valence-electron chi connectivity index (χ4n) is 2.33. The number of ether oxygens (including phenoxy) is 1. The quantitative estimate of drug-likeness (QED) is 0.196. The van der Waals surface area contributed by atoms with Crippen molar-refractivity contribution >= 4 is 61.9 Å². The van der Waals surface area contributed by atoms with E-state index in [0.717, 1.165) is 0 Å². The summed E-state index contributed by atoms with van der Waals surface area (Å²) in [5, 5.41) is 34.4. The molecule has 0 heterocycles. The molecule has 0 saturated heterocycles. The third kappa shape index (κ3) is 6.37. The van der Waals surface area contributed by atoms with Gasteiger partial charge in [-0.05, 0) is 28.1 Å². The van der Waals surface area contributed by atoms with Crippen LogP contribution >= 0.6 is 27.5 Å². The Morgan fingerprint density at radius 2 is 2.00 bits per heavy atom. The molecule has 0 radical (unpaired) electrons. The summed E-state index contributed by atoms with van der Waals surface area (Å²) in [5.41, 5.74) is 1.45. The number of hydrogen-bond acceptors (Lipinski definition) is 8. The number of carbonyl (C=O) groups is 1. The zero-order chi connectivity index (χ0) is 22.3. The van der Waals surface area contributed by atoms with Crippen molar-refractivity contribution in [1.82, 2.24) is 0 Å². The Labute approximate surface area is 185 Å². The van der Waals surface area contributed by atoms with E-state index in [1.165, 1.54) is 32.2 Å². The van der Waals surface area contributed by atoms with E-state index in [1.54, 1.807) is 12.1 Å². The van der Waals surface area contributed by atoms with Gasteiger partial charge >= 0.3 is 0 Å². The number of rotatable bonds is 9. The van der Waals surface area contributed by atoms with Crippen LogP contribution in [0.3, 0.4) is 0 Å². The van der Waals surface area contributed by atoms with Crippen LogP contribution in [0.4, 0.5) is 28.4 Å². The lowest BCUT2D eigenvalue weighted by Crippen LogP contribution is -2.21. The number of aliphatic hydroxyl groups excluding tert-OH is 1. The number of methoxy groups -OCH3 is 1. The van der Waals surface area contributed by atoms with Gasteiger partial charge < -0.3 is 20.5 Å². The molecular formula is C18H19BrClN5O5. The normalized spacial score (nSPS) is 11.9. The second kappa shape index (κ2) is 10.9. The number of benzene rings is 2. The number of nitro benzene ring substituents is 1. The van der Waals surface area contributed by atoms with E-state index < -0.39 is 11.0 Å². The number of amides is 1. The summed E-state index contributed by atoms with van der Waals surface area (Å²) in [6.45, 7) is 1.53. The lowest BCUT2D eigenvalue weighted by molar-refractivity contribution is -0.384. The maximum absolute atomic E-state index is 11.6. The molecule has 1 amide bonds. The highest BCUT2D eigenvalue weighted by Crippen LogP contribution is 2.38. The monoisotopic (exact) mass is 499 g/mol. The SMILES string of the molecule is COc1cc(N=Nc2ccc([N+](=O)[O-])cc2Br)c(NC(C)=O)cc1NCC(O)CCl. The molecule has 10 nitrogen and oxygen atoms in total. The number of nitrogens with zero attached hydrogens (tertiary/aromatic N) is 3. The van der Waals surface area contributed by atoms with Crippen LogP contribution in [-0.2, 0) is 4.79 Å². The molecular weight excluding hydrogens is 482 g/mol. The van der Waals surface area contributed by atoms with Crippen molar-refractivity contribution in [2.75, 3.05) is 30.2 Å². The first-order valence-electron chi connectivity index (χ1n) is 8.58. The van der Waals surface area contributed by atoms with Gasteiger partial charge in [-0.3, -0.25) is 14.9 Å². The number of nitrogens with one attached hydrogen (secondary N) is 2. The fourth-order valence-corrected chi connectivity index (χ4v) is 2.88. The van der Waals surface area contributed by atoms with Crippen molar-refractivity contribution in [2.24, 2.45) is 10.2 Å². The first kappa shape index (κ1) is 23.5. The minimum atomic E-state index is -0.764. The van der Waals surface area contributed by atoms with Crippen molar-refractivity contribution in [1.29, 1.82) is 0 Å². The van der Waals surface area contributed by atoms with E-state index >= 15 is 0 Å². The van der Waals surface area contributed by atoms with Gasteiger partial charge in [0.05, 0.1) is 39.9 Å². The van der Waals surface area contributed by atoms with Crippen LogP contribution in [0.2, 0.25) is 0 Å². The summed E-state index contributed by atoms with van der Waals surface area (Å²) in [5.74, 6) is 0.145. The number of halogens is 2. The van der Waals surface area contributed by atoms with Gasteiger partial charge in [-0.15, -0.1) is 21.8 Å². The third-order valence-corrected chi connectivity index (χ3v) is 4.73. The highest BCUT2D eigenvalue weighted by molar-refractivity contribution is 9.10. The zero-order valence-corrected chi connectivity index (χ0v) is 18.4. The first-order valence-corrected chi connectivity index (χ1v) is 9.91. The maximum Gasteiger partial charge on any atom is 0.270 e. The fraction of sp³-hybridized carbons (Fsp3) is 0.278. The number of anilines is 2. The summed E-state index contributed by atoms with van der Waals surface area (Å²) in [7, 11) is 1.46. The van der Waals surface area contributed by atoms with Gasteiger partial charge in [0.1, 0.15) is 17.1 Å². The smallest absolute Gasteiger partial charge is 0.270 e. The van der Waals surface area contributed by atoms with Crippen molar-refractivity contribution in [2.45, 2.75) is 13.0 Å². The second-order valence-corrected chi connectivity index (χ2v) is 7.20. The number of nitro groups is 1. The van der Waals surface area contributed by atoms with Gasteiger partial charge in [-0.2, -0.15) is 0 Å². The molecule has 0 aliphatic rings. The predicted octanol–water partition coefficient (Wildman–Crippen LogP) is 4.75. The van der Waals surface area contributed by atoms with E-state index in [-0.39, 0.29) is 24.0 Å². The number of azo groups is 1. The number of carbonyl (C=O) groups excluding carboxylic acids is 1. The van der Waals surface area contributed by atoms with E-state index in [9.17, 15) is 20.0 Å². The summed E-state index contributed by atoms with van der Waals surface area (Å²) in [6.07, 6.45) is -0.764. The Balaban J connectivity index is 2.41. The van der Waals surface area contributed by atoms with Gasteiger partial charge in [0.2, 0.25) is 5.91 Å². The van der Waals surface area contributed by atoms with E-state index in [1.807, 2.05) is 0 Å². The van der Waals surface area contributed by atoms with Crippen molar-refractivity contribution in [3.05, 3.63) is 44.9 Å². The molecule has 0 spiro atoms. The molecule has 3 N–H and O–H groups in total. The average molecular weight is 501 g/mol. The summed E-state index contributed by atoms with van der Waals surface area (Å²) in [4.78, 5) is 21.9. The third-order valence-electron chi connectivity index (χ3n) is 3.74. The second-order valence-electron chi connectivity index (χ2n) is 6.03. The molecule has 30 heavy (non-hydrogen) atoms. The molecule has 0 aromatic heterocycles. The van der Waals surface area contributed by atoms with Crippen LogP contribution in [0.15, 0.2) is 45.0 Å². The number of non-ortho nitro benzene ring substituents is 1. The average Bonchev–Trinajstić information content (AvgIpc) is 2.71. The Hall–Kier alpha value is -2.76. The Morgan fingerprint density at radius 1 is 1.30 bits per heavy atom. The lowest BCUT2D eigenvalue weighted by Gasteiger charge is -2.16. The Kier molecular flexibility index (Phi) is 8.51. The van der Waals surface area contributed by atoms with Crippen LogP contribution in [0.5, 0.6) is 5.75 Å². The summed E-state index contributed by atoms with van der Waals surface area (Å²) in [6, 6.07) is 7.23. The number of aliphatic hydroxyl groups is 1. The van der Waals surface area contributed by atoms with Gasteiger partial charge in [-0.25, -0.2) is 0 Å². The largest absolute Gasteiger partial charge is 0.495 e. The zero-order valence-electron chi connectivity index (χ0n) is 16.1. The Bertz CT molecular complexity index is 972. The molecule has 1 atom stereocenters. The standard InChI is InChI=1S/C18H19BrClN5O5/c1-10(26)22-15-6-17(21-9-12(27)8-20)18(30-2)7-16(15)24-23-14-4-3-11(25(28)29)5-13(14)19/h3-7,12,21,27H,8-9H2,1-2H3,(H,22,26). The minimum Gasteiger partial charge on any atom is -0.495 e. The highest BCUT2D eigenvalue weighted by atomic mass is 79.9. The summed E-state index contributed by atoms with van der Waals surface area (Å²) >= 11 is 8.84. The van der Waals surface area contributed by atoms with E-state index in [2.05, 4.69) is 36.8 Å². The van der Waals surface area contributed by atoms with Crippen LogP contribution in [0.1, 0.15) is 6.92 Å². The highest BCUT2D eigenvalue weighted by Gasteiger charge is 2.14.